The number of ether oxygens (including phenoxy) is 4. The zero-order chi connectivity index (χ0) is 31.6. The normalized spacial score (nSPS) is 18.2. The number of anilines is 1. The van der Waals surface area contributed by atoms with E-state index in [0.717, 1.165) is 11.1 Å². The number of hydrogen-bond donors (Lipinski definition) is 1. The molecule has 13 heteroatoms. The number of nitrogens with zero attached hydrogens (tertiary/aromatic N) is 4. The van der Waals surface area contributed by atoms with Gasteiger partial charge in [0, 0.05) is 6.42 Å². The monoisotopic (exact) mass is 713 g/mol. The molecule has 2 aromatic heterocycles. The van der Waals surface area contributed by atoms with Crippen LogP contribution >= 0.6 is 22.6 Å². The van der Waals surface area contributed by atoms with E-state index in [-0.39, 0.29) is 19.0 Å². The molecule has 12 nitrogen and oxygen atoms in total. The summed E-state index contributed by atoms with van der Waals surface area (Å²) in [4.78, 5) is 51.5. The van der Waals surface area contributed by atoms with Gasteiger partial charge < -0.3 is 18.9 Å². The molecule has 0 radical (unpaired) electrons. The molecule has 1 aliphatic rings. The van der Waals surface area contributed by atoms with Gasteiger partial charge in [-0.3, -0.25) is 9.88 Å². The van der Waals surface area contributed by atoms with Gasteiger partial charge in [0.05, 0.1) is 17.5 Å². The zero-order valence-electron chi connectivity index (χ0n) is 24.9. The summed E-state index contributed by atoms with van der Waals surface area (Å²) in [5.74, 6) is -1.01. The Morgan fingerprint density at radius 2 is 1.59 bits per heavy atom. The van der Waals surface area contributed by atoms with Gasteiger partial charge >= 0.3 is 18.0 Å². The average molecular weight is 714 g/mol. The van der Waals surface area contributed by atoms with Crippen molar-refractivity contribution in [2.24, 2.45) is 0 Å². The maximum absolute atomic E-state index is 13.1. The minimum atomic E-state index is -0.776. The maximum atomic E-state index is 13.1. The number of halogens is 1. The molecule has 1 unspecified atom stereocenters. The average Bonchev–Trinajstić information content (AvgIpc) is 3.55. The van der Waals surface area contributed by atoms with Crippen LogP contribution < -0.4 is 5.32 Å². The lowest BCUT2D eigenvalue weighted by Gasteiger charge is -2.19. The van der Waals surface area contributed by atoms with E-state index in [2.05, 4.69) is 20.3 Å². The van der Waals surface area contributed by atoms with Gasteiger partial charge in [0.2, 0.25) is 5.95 Å². The van der Waals surface area contributed by atoms with E-state index in [1.165, 1.54) is 0 Å². The Morgan fingerprint density at radius 3 is 2.20 bits per heavy atom. The molecule has 1 saturated heterocycles. The SMILES string of the molecule is Cc1ccc(C(=O)OC[C@H]2OC(n3cnc4c(I)nc(NC(=O)OC(C)(C)C)nc43)C[C@@H]2OC(=O)c2ccc(C)cc2)cc1. The highest BCUT2D eigenvalue weighted by molar-refractivity contribution is 14.1. The van der Waals surface area contributed by atoms with E-state index in [4.69, 9.17) is 18.9 Å². The molecule has 44 heavy (non-hydrogen) atoms. The first kappa shape index (κ1) is 31.3. The summed E-state index contributed by atoms with van der Waals surface area (Å²) in [5.41, 5.74) is 2.99. The predicted molar refractivity (Wildman–Crippen MR) is 168 cm³/mol. The van der Waals surface area contributed by atoms with E-state index in [9.17, 15) is 14.4 Å². The van der Waals surface area contributed by atoms with Crippen LogP contribution in [0.25, 0.3) is 11.2 Å². The van der Waals surface area contributed by atoms with Crippen molar-refractivity contribution in [1.29, 1.82) is 0 Å². The number of rotatable bonds is 7. The van der Waals surface area contributed by atoms with Crippen LogP contribution in [0.4, 0.5) is 10.7 Å². The molecule has 230 valence electrons. The number of aromatic nitrogens is 4. The van der Waals surface area contributed by atoms with Crippen LogP contribution in [0.2, 0.25) is 0 Å². The second-order valence-corrected chi connectivity index (χ2v) is 12.4. The summed E-state index contributed by atoms with van der Waals surface area (Å²) >= 11 is 2.01. The summed E-state index contributed by atoms with van der Waals surface area (Å²) < 4.78 is 25.3. The molecule has 1 amide bonds. The van der Waals surface area contributed by atoms with Crippen molar-refractivity contribution in [3.63, 3.8) is 0 Å². The molecule has 2 aromatic carbocycles. The largest absolute Gasteiger partial charge is 0.459 e. The Balaban J connectivity index is 1.38. The molecule has 5 rings (SSSR count). The molecule has 1 aliphatic heterocycles. The summed E-state index contributed by atoms with van der Waals surface area (Å²) in [6.07, 6.45) is -1.14. The molecule has 0 spiro atoms. The minimum Gasteiger partial charge on any atom is -0.459 e. The molecule has 3 atom stereocenters. The third-order valence-electron chi connectivity index (χ3n) is 6.69. The van der Waals surface area contributed by atoms with Crippen LogP contribution in [-0.4, -0.2) is 62.0 Å². The van der Waals surface area contributed by atoms with Crippen LogP contribution in [0, 0.1) is 17.5 Å². The Bertz CT molecular complexity index is 1680. The van der Waals surface area contributed by atoms with E-state index in [1.54, 1.807) is 55.9 Å². The van der Waals surface area contributed by atoms with Gasteiger partial charge in [-0.05, 0) is 81.5 Å². The second-order valence-electron chi connectivity index (χ2n) is 11.4. The minimum absolute atomic E-state index is 0.0295. The smallest absolute Gasteiger partial charge is 0.414 e. The number of amides is 1. The summed E-state index contributed by atoms with van der Waals surface area (Å²) in [7, 11) is 0. The van der Waals surface area contributed by atoms with Gasteiger partial charge in [0.25, 0.3) is 0 Å². The van der Waals surface area contributed by atoms with Gasteiger partial charge in [0.1, 0.15) is 39.9 Å². The number of benzene rings is 2. The van der Waals surface area contributed by atoms with E-state index in [1.807, 2.05) is 60.7 Å². The number of hydrogen-bond acceptors (Lipinski definition) is 10. The lowest BCUT2D eigenvalue weighted by molar-refractivity contribution is -0.0563. The molecular weight excluding hydrogens is 681 g/mol. The van der Waals surface area contributed by atoms with Crippen LogP contribution in [-0.2, 0) is 18.9 Å². The van der Waals surface area contributed by atoms with Gasteiger partial charge in [-0.1, -0.05) is 35.4 Å². The van der Waals surface area contributed by atoms with Crippen molar-refractivity contribution in [2.45, 2.75) is 65.1 Å². The summed E-state index contributed by atoms with van der Waals surface area (Å²) in [6, 6.07) is 14.1. The number of nitrogens with one attached hydrogen (secondary N) is 1. The Kier molecular flexibility index (Phi) is 9.15. The van der Waals surface area contributed by atoms with Gasteiger partial charge in [-0.25, -0.2) is 24.4 Å². The van der Waals surface area contributed by atoms with E-state index in [0.29, 0.717) is 26.0 Å². The van der Waals surface area contributed by atoms with Crippen molar-refractivity contribution in [3.8, 4) is 0 Å². The fourth-order valence-corrected chi connectivity index (χ4v) is 5.12. The Hall–Kier alpha value is -4.11. The summed E-state index contributed by atoms with van der Waals surface area (Å²) in [5, 5.41) is 2.56. The van der Waals surface area contributed by atoms with Crippen molar-refractivity contribution >= 4 is 57.7 Å². The Morgan fingerprint density at radius 1 is 0.977 bits per heavy atom. The first-order chi connectivity index (χ1) is 20.9. The standard InChI is InChI=1S/C31H32IN5O7/c1-17-6-10-19(11-7-17)27(38)41-15-22-21(43-28(39)20-12-8-18(2)9-13-20)14-23(42-22)37-16-33-24-25(32)34-29(35-26(24)37)36-30(40)44-31(3,4)5/h6-13,16,21-23H,14-15H2,1-5H3,(H,34,35,36,40)/t21-,22+,23?/m0/s1. The third-order valence-corrected chi connectivity index (χ3v) is 7.45. The van der Waals surface area contributed by atoms with Crippen LogP contribution in [0.3, 0.4) is 0 Å². The second kappa shape index (κ2) is 12.9. The van der Waals surface area contributed by atoms with E-state index < -0.39 is 42.1 Å². The number of esters is 2. The number of imidazole rings is 1. The highest BCUT2D eigenvalue weighted by Gasteiger charge is 2.41. The summed E-state index contributed by atoms with van der Waals surface area (Å²) in [6.45, 7) is 8.96. The van der Waals surface area contributed by atoms with Gasteiger partial charge in [-0.15, -0.1) is 0 Å². The zero-order valence-corrected chi connectivity index (χ0v) is 27.0. The van der Waals surface area contributed by atoms with Gasteiger partial charge in [0.15, 0.2) is 5.65 Å². The molecule has 1 N–H and O–H groups in total. The van der Waals surface area contributed by atoms with Gasteiger partial charge in [-0.2, -0.15) is 4.98 Å². The molecule has 0 saturated carbocycles. The lowest BCUT2D eigenvalue weighted by atomic mass is 10.1. The first-order valence-corrected chi connectivity index (χ1v) is 15.0. The molecule has 3 heterocycles. The van der Waals surface area contributed by atoms with Crippen LogP contribution in [0.1, 0.15) is 65.3 Å². The quantitative estimate of drug-likeness (QED) is 0.109. The van der Waals surface area contributed by atoms with Crippen molar-refractivity contribution in [2.75, 3.05) is 11.9 Å². The van der Waals surface area contributed by atoms with Crippen molar-refractivity contribution in [3.05, 3.63) is 80.8 Å². The highest BCUT2D eigenvalue weighted by atomic mass is 127. The van der Waals surface area contributed by atoms with Crippen molar-refractivity contribution < 1.29 is 33.3 Å². The maximum Gasteiger partial charge on any atom is 0.414 e. The van der Waals surface area contributed by atoms with Crippen LogP contribution in [0.15, 0.2) is 54.9 Å². The topological polar surface area (TPSA) is 144 Å². The fraction of sp³-hybridized carbons (Fsp3) is 0.355. The number of aryl methyl sites for hydroxylation is 2. The predicted octanol–water partition coefficient (Wildman–Crippen LogP) is 5.76. The Labute approximate surface area is 267 Å². The number of fused-ring (bicyclic) bond motifs is 1. The first-order valence-electron chi connectivity index (χ1n) is 13.9. The molecule has 1 fully saturated rings. The highest BCUT2D eigenvalue weighted by Crippen LogP contribution is 2.34. The molecule has 0 aliphatic carbocycles. The van der Waals surface area contributed by atoms with Crippen molar-refractivity contribution in [1.82, 2.24) is 19.5 Å². The van der Waals surface area contributed by atoms with E-state index >= 15 is 0 Å². The molecular formula is C31H32IN5O7. The lowest BCUT2D eigenvalue weighted by Crippen LogP contribution is -2.32. The third kappa shape index (κ3) is 7.50. The van der Waals surface area contributed by atoms with Crippen LogP contribution in [0.5, 0.6) is 0 Å². The number of carbonyl (C=O) groups excluding carboxylic acids is 3. The molecule has 0 bridgehead atoms. The number of carbonyl (C=O) groups is 3. The molecule has 4 aromatic rings. The fourth-order valence-electron chi connectivity index (χ4n) is 4.51.